The second-order valence-electron chi connectivity index (χ2n) is 8.91. The van der Waals surface area contributed by atoms with Crippen LogP contribution in [0.4, 0.5) is 13.2 Å². The molecule has 3 aromatic rings. The number of carbonyl (C=O) groups is 1. The number of ether oxygens (including phenoxy) is 2. The Morgan fingerprint density at radius 1 is 0.861 bits per heavy atom. The van der Waals surface area contributed by atoms with Crippen LogP contribution in [0.5, 0.6) is 11.5 Å². The molecule has 0 heterocycles. The molecule has 0 radical (unpaired) electrons. The Kier molecular flexibility index (Phi) is 8.47. The maximum absolute atomic E-state index is 14.2. The standard InChI is InChI=1S/C30H29F3O3/c1-2-35-26-17-18-27(29(33)28(26)32)36-30(34)25-15-13-24(14-16-25)23-11-9-22(10-12-23)21-7-5-20(6-8-21)4-3-19-31/h3-4,9-18,20-21H,2,5-8,19H2,1H3. The van der Waals surface area contributed by atoms with Crippen LogP contribution >= 0.6 is 0 Å². The summed E-state index contributed by atoms with van der Waals surface area (Å²) in [6.07, 6.45) is 7.96. The van der Waals surface area contributed by atoms with Crippen LogP contribution in [0, 0.1) is 17.6 Å². The summed E-state index contributed by atoms with van der Waals surface area (Å²) >= 11 is 0. The molecule has 0 unspecified atom stereocenters. The van der Waals surface area contributed by atoms with Crippen LogP contribution in [-0.4, -0.2) is 19.3 Å². The highest BCUT2D eigenvalue weighted by Gasteiger charge is 2.21. The highest BCUT2D eigenvalue weighted by atomic mass is 19.2. The van der Waals surface area contributed by atoms with Gasteiger partial charge in [0.15, 0.2) is 11.5 Å². The molecule has 3 nitrogen and oxygen atoms in total. The number of alkyl halides is 1. The van der Waals surface area contributed by atoms with Gasteiger partial charge in [0.05, 0.1) is 12.2 Å². The lowest BCUT2D eigenvalue weighted by molar-refractivity contribution is 0.0726. The fraction of sp³-hybridized carbons (Fsp3) is 0.300. The van der Waals surface area contributed by atoms with E-state index >= 15 is 0 Å². The molecule has 188 valence electrons. The molecule has 4 rings (SSSR count). The number of carbonyl (C=O) groups excluding carboxylic acids is 1. The minimum Gasteiger partial charge on any atom is -0.491 e. The van der Waals surface area contributed by atoms with E-state index in [0.717, 1.165) is 36.8 Å². The summed E-state index contributed by atoms with van der Waals surface area (Å²) < 4.78 is 50.7. The predicted octanol–water partition coefficient (Wildman–Crippen LogP) is 8.05. The van der Waals surface area contributed by atoms with Gasteiger partial charge in [-0.05, 0) is 85.4 Å². The summed E-state index contributed by atoms with van der Waals surface area (Å²) in [5.41, 5.74) is 3.47. The van der Waals surface area contributed by atoms with Gasteiger partial charge in [0.1, 0.15) is 6.67 Å². The Bertz CT molecular complexity index is 1200. The van der Waals surface area contributed by atoms with Crippen molar-refractivity contribution in [2.75, 3.05) is 13.3 Å². The predicted molar refractivity (Wildman–Crippen MR) is 134 cm³/mol. The Morgan fingerprint density at radius 2 is 1.44 bits per heavy atom. The van der Waals surface area contributed by atoms with Gasteiger partial charge in [0.25, 0.3) is 0 Å². The minimum absolute atomic E-state index is 0.187. The molecule has 0 atom stereocenters. The fourth-order valence-corrected chi connectivity index (χ4v) is 4.65. The zero-order valence-electron chi connectivity index (χ0n) is 20.2. The zero-order chi connectivity index (χ0) is 25.5. The van der Waals surface area contributed by atoms with E-state index < -0.39 is 30.0 Å². The van der Waals surface area contributed by atoms with Crippen LogP contribution in [0.2, 0.25) is 0 Å². The Morgan fingerprint density at radius 3 is 2.06 bits per heavy atom. The number of hydrogen-bond acceptors (Lipinski definition) is 3. The zero-order valence-corrected chi connectivity index (χ0v) is 20.2. The van der Waals surface area contributed by atoms with Crippen LogP contribution in [0.1, 0.15) is 54.4 Å². The molecule has 1 fully saturated rings. The third kappa shape index (κ3) is 5.99. The van der Waals surface area contributed by atoms with Crippen LogP contribution in [-0.2, 0) is 0 Å². The van der Waals surface area contributed by atoms with Gasteiger partial charge in [-0.15, -0.1) is 0 Å². The van der Waals surface area contributed by atoms with Gasteiger partial charge in [0.2, 0.25) is 11.6 Å². The first-order chi connectivity index (χ1) is 17.5. The van der Waals surface area contributed by atoms with Gasteiger partial charge < -0.3 is 9.47 Å². The first-order valence-electron chi connectivity index (χ1n) is 12.3. The summed E-state index contributed by atoms with van der Waals surface area (Å²) in [5, 5.41) is 0. The van der Waals surface area contributed by atoms with Crippen molar-refractivity contribution in [2.24, 2.45) is 5.92 Å². The molecule has 0 aromatic heterocycles. The average molecular weight is 495 g/mol. The fourth-order valence-electron chi connectivity index (χ4n) is 4.65. The molecule has 0 aliphatic heterocycles. The topological polar surface area (TPSA) is 35.5 Å². The van der Waals surface area contributed by atoms with Gasteiger partial charge in [-0.25, -0.2) is 9.18 Å². The molecular weight excluding hydrogens is 465 g/mol. The minimum atomic E-state index is -1.27. The average Bonchev–Trinajstić information content (AvgIpc) is 2.92. The van der Waals surface area contributed by atoms with E-state index in [9.17, 15) is 18.0 Å². The third-order valence-corrected chi connectivity index (χ3v) is 6.62. The van der Waals surface area contributed by atoms with E-state index in [0.29, 0.717) is 11.8 Å². The number of rotatable bonds is 8. The monoisotopic (exact) mass is 494 g/mol. The molecular formula is C30H29F3O3. The first-order valence-corrected chi connectivity index (χ1v) is 12.3. The van der Waals surface area contributed by atoms with Crippen LogP contribution in [0.25, 0.3) is 11.1 Å². The Labute approximate surface area is 209 Å². The molecule has 6 heteroatoms. The van der Waals surface area contributed by atoms with E-state index in [1.807, 2.05) is 6.08 Å². The van der Waals surface area contributed by atoms with Gasteiger partial charge in [0, 0.05) is 0 Å². The van der Waals surface area contributed by atoms with Gasteiger partial charge >= 0.3 is 5.97 Å². The molecule has 1 saturated carbocycles. The van der Waals surface area contributed by atoms with Gasteiger partial charge in [-0.3, -0.25) is 0 Å². The van der Waals surface area contributed by atoms with Crippen LogP contribution in [0.3, 0.4) is 0 Å². The second kappa shape index (κ2) is 11.9. The summed E-state index contributed by atoms with van der Waals surface area (Å²) in [6, 6.07) is 17.6. The van der Waals surface area contributed by atoms with Crippen molar-refractivity contribution in [3.63, 3.8) is 0 Å². The lowest BCUT2D eigenvalue weighted by atomic mass is 9.78. The van der Waals surface area contributed by atoms with Crippen molar-refractivity contribution >= 4 is 5.97 Å². The number of benzene rings is 3. The van der Waals surface area contributed by atoms with Crippen LogP contribution in [0.15, 0.2) is 72.8 Å². The van der Waals surface area contributed by atoms with Gasteiger partial charge in [-0.2, -0.15) is 8.78 Å². The quantitative estimate of drug-likeness (QED) is 0.181. The molecule has 1 aliphatic rings. The van der Waals surface area contributed by atoms with Crippen LogP contribution < -0.4 is 9.47 Å². The first kappa shape index (κ1) is 25.5. The largest absolute Gasteiger partial charge is 0.491 e. The van der Waals surface area contributed by atoms with E-state index in [4.69, 9.17) is 9.47 Å². The van der Waals surface area contributed by atoms with E-state index in [2.05, 4.69) is 24.3 Å². The highest BCUT2D eigenvalue weighted by molar-refractivity contribution is 5.91. The smallest absolute Gasteiger partial charge is 0.343 e. The molecule has 36 heavy (non-hydrogen) atoms. The number of allylic oxidation sites excluding steroid dienone is 2. The summed E-state index contributed by atoms with van der Waals surface area (Å²) in [6.45, 7) is 1.45. The van der Waals surface area contributed by atoms with Crippen molar-refractivity contribution in [1.82, 2.24) is 0 Å². The summed E-state index contributed by atoms with van der Waals surface area (Å²) in [5.74, 6) is -2.98. The van der Waals surface area contributed by atoms with Crippen molar-refractivity contribution < 1.29 is 27.4 Å². The molecule has 0 amide bonds. The maximum atomic E-state index is 14.2. The van der Waals surface area contributed by atoms with Crippen molar-refractivity contribution in [3.8, 4) is 22.6 Å². The second-order valence-corrected chi connectivity index (χ2v) is 8.91. The Hall–Kier alpha value is -3.54. The maximum Gasteiger partial charge on any atom is 0.343 e. The lowest BCUT2D eigenvalue weighted by Gasteiger charge is -2.27. The third-order valence-electron chi connectivity index (χ3n) is 6.62. The normalized spacial score (nSPS) is 17.8. The van der Waals surface area contributed by atoms with Crippen molar-refractivity contribution in [2.45, 2.75) is 38.5 Å². The molecule has 0 spiro atoms. The number of esters is 1. The van der Waals surface area contributed by atoms with Crippen molar-refractivity contribution in [3.05, 3.63) is 95.6 Å². The molecule has 3 aromatic carbocycles. The highest BCUT2D eigenvalue weighted by Crippen LogP contribution is 2.37. The van der Waals surface area contributed by atoms with E-state index in [-0.39, 0.29) is 17.9 Å². The Balaban J connectivity index is 1.38. The van der Waals surface area contributed by atoms with E-state index in [1.165, 1.54) is 17.7 Å². The molecule has 0 bridgehead atoms. The number of halogens is 3. The number of hydrogen-bond donors (Lipinski definition) is 0. The van der Waals surface area contributed by atoms with Crippen molar-refractivity contribution in [1.29, 1.82) is 0 Å². The van der Waals surface area contributed by atoms with Gasteiger partial charge in [-0.1, -0.05) is 48.6 Å². The van der Waals surface area contributed by atoms with E-state index in [1.54, 1.807) is 37.3 Å². The SMILES string of the molecule is CCOc1ccc(OC(=O)c2ccc(-c3ccc(C4CCC(C=CCF)CC4)cc3)cc2)c(F)c1F. The molecule has 1 aliphatic carbocycles. The lowest BCUT2D eigenvalue weighted by Crippen LogP contribution is -2.11. The summed E-state index contributed by atoms with van der Waals surface area (Å²) in [4.78, 5) is 12.5. The molecule has 0 N–H and O–H groups in total. The molecule has 0 saturated heterocycles. The summed E-state index contributed by atoms with van der Waals surface area (Å²) in [7, 11) is 0.